The summed E-state index contributed by atoms with van der Waals surface area (Å²) < 4.78 is 4.93. The van der Waals surface area contributed by atoms with Crippen molar-refractivity contribution in [2.24, 2.45) is 0 Å². The summed E-state index contributed by atoms with van der Waals surface area (Å²) in [7, 11) is 0. The van der Waals surface area contributed by atoms with E-state index in [1.165, 1.54) is 6.26 Å². The van der Waals surface area contributed by atoms with Crippen LogP contribution in [0, 0.1) is 0 Å². The van der Waals surface area contributed by atoms with Crippen LogP contribution in [0.5, 0.6) is 0 Å². The summed E-state index contributed by atoms with van der Waals surface area (Å²) in [6.45, 7) is 1.96. The molecule has 4 heteroatoms. The number of furan rings is 1. The fraction of sp³-hybridized carbons (Fsp3) is 0.500. The molecule has 0 saturated carbocycles. The maximum atomic E-state index is 11.4. The Labute approximate surface area is 82.9 Å². The second-order valence-corrected chi connectivity index (χ2v) is 3.12. The Hall–Kier alpha value is -1.29. The second-order valence-electron chi connectivity index (χ2n) is 3.12. The van der Waals surface area contributed by atoms with Crippen molar-refractivity contribution < 1.29 is 14.3 Å². The van der Waals surface area contributed by atoms with Crippen LogP contribution < -0.4 is 5.32 Å². The molecule has 0 aliphatic heterocycles. The third-order valence-electron chi connectivity index (χ3n) is 1.94. The monoisotopic (exact) mass is 197 g/mol. The lowest BCUT2D eigenvalue weighted by Crippen LogP contribution is -2.37. The Morgan fingerprint density at radius 2 is 2.50 bits per heavy atom. The highest BCUT2D eigenvalue weighted by molar-refractivity contribution is 5.91. The minimum Gasteiger partial charge on any atom is -0.459 e. The summed E-state index contributed by atoms with van der Waals surface area (Å²) in [4.78, 5) is 11.4. The van der Waals surface area contributed by atoms with Crippen LogP contribution in [0.4, 0.5) is 0 Å². The second kappa shape index (κ2) is 5.44. The lowest BCUT2D eigenvalue weighted by atomic mass is 10.2. The molecule has 1 unspecified atom stereocenters. The van der Waals surface area contributed by atoms with Crippen molar-refractivity contribution in [3.05, 3.63) is 24.2 Å². The van der Waals surface area contributed by atoms with Gasteiger partial charge in [-0.1, -0.05) is 13.3 Å². The molecule has 0 saturated heterocycles. The molecule has 0 radical (unpaired) electrons. The van der Waals surface area contributed by atoms with Crippen LogP contribution in [0.1, 0.15) is 30.3 Å². The highest BCUT2D eigenvalue weighted by Gasteiger charge is 2.13. The summed E-state index contributed by atoms with van der Waals surface area (Å²) in [5.74, 6) is 0.00190. The summed E-state index contributed by atoms with van der Waals surface area (Å²) in [6, 6.07) is 3.07. The number of carbonyl (C=O) groups is 1. The Balaban J connectivity index is 2.47. The third kappa shape index (κ3) is 2.88. The van der Waals surface area contributed by atoms with Crippen LogP contribution in [-0.2, 0) is 0 Å². The lowest BCUT2D eigenvalue weighted by Gasteiger charge is -2.13. The molecule has 1 atom stereocenters. The Kier molecular flexibility index (Phi) is 4.19. The van der Waals surface area contributed by atoms with Crippen LogP contribution in [0.25, 0.3) is 0 Å². The average molecular weight is 197 g/mol. The number of aliphatic hydroxyl groups excluding tert-OH is 1. The van der Waals surface area contributed by atoms with E-state index in [-0.39, 0.29) is 24.3 Å². The average Bonchev–Trinajstić information content (AvgIpc) is 2.69. The standard InChI is InChI=1S/C10H15NO3/c1-2-4-8(7-12)11-10(13)9-5-3-6-14-9/h3,5-6,8,12H,2,4,7H2,1H3,(H,11,13). The Morgan fingerprint density at radius 1 is 1.71 bits per heavy atom. The van der Waals surface area contributed by atoms with Crippen molar-refractivity contribution >= 4 is 5.91 Å². The molecule has 0 aromatic carbocycles. The molecule has 1 rings (SSSR count). The first kappa shape index (κ1) is 10.8. The molecule has 0 fully saturated rings. The van der Waals surface area contributed by atoms with E-state index in [0.29, 0.717) is 0 Å². The van der Waals surface area contributed by atoms with Crippen LogP contribution in [0.15, 0.2) is 22.8 Å². The number of carbonyl (C=O) groups excluding carboxylic acids is 1. The number of hydrogen-bond donors (Lipinski definition) is 2. The molecule has 4 nitrogen and oxygen atoms in total. The van der Waals surface area contributed by atoms with Gasteiger partial charge in [0.25, 0.3) is 5.91 Å². The predicted octanol–water partition coefficient (Wildman–Crippen LogP) is 1.17. The molecular weight excluding hydrogens is 182 g/mol. The molecule has 2 N–H and O–H groups in total. The molecular formula is C10H15NO3. The molecule has 0 spiro atoms. The molecule has 78 valence electrons. The van der Waals surface area contributed by atoms with Gasteiger partial charge in [-0.05, 0) is 18.6 Å². The van der Waals surface area contributed by atoms with Gasteiger partial charge in [-0.15, -0.1) is 0 Å². The molecule has 0 bridgehead atoms. The van der Waals surface area contributed by atoms with E-state index in [2.05, 4.69) is 5.32 Å². The van der Waals surface area contributed by atoms with Gasteiger partial charge in [0, 0.05) is 0 Å². The zero-order chi connectivity index (χ0) is 10.4. The van der Waals surface area contributed by atoms with Crippen LogP contribution in [0.2, 0.25) is 0 Å². The van der Waals surface area contributed by atoms with Crippen molar-refractivity contribution in [1.82, 2.24) is 5.32 Å². The van der Waals surface area contributed by atoms with E-state index >= 15 is 0 Å². The summed E-state index contributed by atoms with van der Waals surface area (Å²) in [5, 5.41) is 11.6. The van der Waals surface area contributed by atoms with E-state index in [1.807, 2.05) is 6.92 Å². The van der Waals surface area contributed by atoms with Crippen molar-refractivity contribution in [3.63, 3.8) is 0 Å². The zero-order valence-corrected chi connectivity index (χ0v) is 8.19. The van der Waals surface area contributed by atoms with Gasteiger partial charge in [0.05, 0.1) is 18.9 Å². The molecule has 1 heterocycles. The number of amides is 1. The van der Waals surface area contributed by atoms with E-state index in [4.69, 9.17) is 9.52 Å². The van der Waals surface area contributed by atoms with Crippen LogP contribution >= 0.6 is 0 Å². The maximum Gasteiger partial charge on any atom is 0.287 e. The third-order valence-corrected chi connectivity index (χ3v) is 1.94. The minimum absolute atomic E-state index is 0.0414. The van der Waals surface area contributed by atoms with Gasteiger partial charge in [0.2, 0.25) is 0 Å². The molecule has 1 aromatic rings. The molecule has 1 amide bonds. The zero-order valence-electron chi connectivity index (χ0n) is 8.19. The van der Waals surface area contributed by atoms with Crippen molar-refractivity contribution in [2.45, 2.75) is 25.8 Å². The fourth-order valence-electron chi connectivity index (χ4n) is 1.22. The van der Waals surface area contributed by atoms with Gasteiger partial charge in [0.1, 0.15) is 0 Å². The van der Waals surface area contributed by atoms with Gasteiger partial charge in [-0.25, -0.2) is 0 Å². The van der Waals surface area contributed by atoms with Gasteiger partial charge in [-0.3, -0.25) is 4.79 Å². The number of nitrogens with one attached hydrogen (secondary N) is 1. The quantitative estimate of drug-likeness (QED) is 0.744. The number of rotatable bonds is 5. The Bertz CT molecular complexity index is 269. The lowest BCUT2D eigenvalue weighted by molar-refractivity contribution is 0.0885. The van der Waals surface area contributed by atoms with Crippen LogP contribution in [0.3, 0.4) is 0 Å². The van der Waals surface area contributed by atoms with E-state index < -0.39 is 0 Å². The molecule has 0 aliphatic rings. The largest absolute Gasteiger partial charge is 0.459 e. The SMILES string of the molecule is CCCC(CO)NC(=O)c1ccco1. The topological polar surface area (TPSA) is 62.5 Å². The highest BCUT2D eigenvalue weighted by Crippen LogP contribution is 2.02. The van der Waals surface area contributed by atoms with Gasteiger partial charge < -0.3 is 14.8 Å². The van der Waals surface area contributed by atoms with Gasteiger partial charge in [-0.2, -0.15) is 0 Å². The summed E-state index contributed by atoms with van der Waals surface area (Å²) in [5.41, 5.74) is 0. The summed E-state index contributed by atoms with van der Waals surface area (Å²) >= 11 is 0. The minimum atomic E-state index is -0.275. The van der Waals surface area contributed by atoms with E-state index in [9.17, 15) is 4.79 Å². The van der Waals surface area contributed by atoms with Crippen molar-refractivity contribution in [2.75, 3.05) is 6.61 Å². The first-order valence-electron chi connectivity index (χ1n) is 4.73. The van der Waals surface area contributed by atoms with E-state index in [0.717, 1.165) is 12.8 Å². The fourth-order valence-corrected chi connectivity index (χ4v) is 1.22. The van der Waals surface area contributed by atoms with E-state index in [1.54, 1.807) is 12.1 Å². The number of hydrogen-bond acceptors (Lipinski definition) is 3. The maximum absolute atomic E-state index is 11.4. The van der Waals surface area contributed by atoms with Crippen molar-refractivity contribution in [3.8, 4) is 0 Å². The summed E-state index contributed by atoms with van der Waals surface area (Å²) in [6.07, 6.45) is 3.13. The number of aliphatic hydroxyl groups is 1. The van der Waals surface area contributed by atoms with Gasteiger partial charge in [0.15, 0.2) is 5.76 Å². The highest BCUT2D eigenvalue weighted by atomic mass is 16.3. The molecule has 14 heavy (non-hydrogen) atoms. The van der Waals surface area contributed by atoms with Crippen molar-refractivity contribution in [1.29, 1.82) is 0 Å². The first-order chi connectivity index (χ1) is 6.77. The molecule has 0 aliphatic carbocycles. The van der Waals surface area contributed by atoms with Crippen LogP contribution in [-0.4, -0.2) is 23.7 Å². The van der Waals surface area contributed by atoms with Gasteiger partial charge >= 0.3 is 0 Å². The molecule has 1 aromatic heterocycles. The normalized spacial score (nSPS) is 12.4. The smallest absolute Gasteiger partial charge is 0.287 e. The first-order valence-corrected chi connectivity index (χ1v) is 4.73. The predicted molar refractivity (Wildman–Crippen MR) is 52.0 cm³/mol. The Morgan fingerprint density at radius 3 is 3.00 bits per heavy atom.